The number of hydrogen-bond acceptors (Lipinski definition) is 3. The summed E-state index contributed by atoms with van der Waals surface area (Å²) in [6.07, 6.45) is 0. The van der Waals surface area contributed by atoms with Crippen LogP contribution in [0.3, 0.4) is 0 Å². The second kappa shape index (κ2) is 6.19. The number of ether oxygens (including phenoxy) is 1. The molecule has 0 aliphatic heterocycles. The van der Waals surface area contributed by atoms with E-state index in [4.69, 9.17) is 4.74 Å². The fourth-order valence-electron chi connectivity index (χ4n) is 1.91. The zero-order chi connectivity index (χ0) is 13.7. The van der Waals surface area contributed by atoms with Gasteiger partial charge in [0.25, 0.3) is 5.91 Å². The van der Waals surface area contributed by atoms with Crippen molar-refractivity contribution < 1.29 is 14.3 Å². The molecule has 1 aromatic rings. The maximum Gasteiger partial charge on any atom is 0.328 e. The van der Waals surface area contributed by atoms with E-state index in [0.717, 1.165) is 0 Å². The van der Waals surface area contributed by atoms with E-state index in [1.165, 1.54) is 12.0 Å². The lowest BCUT2D eigenvalue weighted by atomic mass is 10.0. The van der Waals surface area contributed by atoms with Crippen LogP contribution in [0, 0.1) is 5.92 Å². The monoisotopic (exact) mass is 249 g/mol. The average Bonchev–Trinajstić information content (AvgIpc) is 2.38. The lowest BCUT2D eigenvalue weighted by Gasteiger charge is -2.28. The normalized spacial score (nSPS) is 12.1. The summed E-state index contributed by atoms with van der Waals surface area (Å²) in [5, 5.41) is 0. The van der Waals surface area contributed by atoms with Crippen molar-refractivity contribution in [1.29, 1.82) is 0 Å². The Morgan fingerprint density at radius 3 is 2.17 bits per heavy atom. The van der Waals surface area contributed by atoms with Crippen LogP contribution in [0.15, 0.2) is 30.3 Å². The van der Waals surface area contributed by atoms with Crippen LogP contribution >= 0.6 is 0 Å². The van der Waals surface area contributed by atoms with Crippen molar-refractivity contribution >= 4 is 11.9 Å². The molecule has 0 heterocycles. The minimum absolute atomic E-state index is 0.00453. The Labute approximate surface area is 108 Å². The number of esters is 1. The lowest BCUT2D eigenvalue weighted by molar-refractivity contribution is -0.147. The molecule has 1 amide bonds. The van der Waals surface area contributed by atoms with Gasteiger partial charge in [0.05, 0.1) is 7.11 Å². The highest BCUT2D eigenvalue weighted by Crippen LogP contribution is 2.14. The van der Waals surface area contributed by atoms with Crippen LogP contribution < -0.4 is 0 Å². The van der Waals surface area contributed by atoms with Gasteiger partial charge in [-0.25, -0.2) is 4.79 Å². The minimum atomic E-state index is -0.567. The van der Waals surface area contributed by atoms with Crippen LogP contribution in [0.1, 0.15) is 24.2 Å². The van der Waals surface area contributed by atoms with Gasteiger partial charge < -0.3 is 9.64 Å². The number of carbonyl (C=O) groups is 2. The summed E-state index contributed by atoms with van der Waals surface area (Å²) >= 11 is 0. The fraction of sp³-hybridized carbons (Fsp3) is 0.429. The molecule has 0 unspecified atom stereocenters. The van der Waals surface area contributed by atoms with Crippen molar-refractivity contribution in [2.24, 2.45) is 5.92 Å². The molecule has 4 heteroatoms. The fourth-order valence-corrected chi connectivity index (χ4v) is 1.91. The van der Waals surface area contributed by atoms with Gasteiger partial charge >= 0.3 is 5.97 Å². The Morgan fingerprint density at radius 2 is 1.72 bits per heavy atom. The molecule has 0 saturated carbocycles. The second-order valence-electron chi connectivity index (χ2n) is 4.49. The summed E-state index contributed by atoms with van der Waals surface area (Å²) in [4.78, 5) is 25.4. The highest BCUT2D eigenvalue weighted by molar-refractivity contribution is 5.96. The molecule has 0 bridgehead atoms. The van der Waals surface area contributed by atoms with Gasteiger partial charge in [-0.3, -0.25) is 4.79 Å². The van der Waals surface area contributed by atoms with Crippen molar-refractivity contribution in [3.63, 3.8) is 0 Å². The van der Waals surface area contributed by atoms with E-state index in [-0.39, 0.29) is 11.8 Å². The van der Waals surface area contributed by atoms with E-state index < -0.39 is 12.0 Å². The van der Waals surface area contributed by atoms with E-state index in [1.807, 2.05) is 19.9 Å². The summed E-state index contributed by atoms with van der Waals surface area (Å²) in [5.74, 6) is -0.577. The first kappa shape index (κ1) is 14.2. The molecule has 0 aliphatic rings. The van der Waals surface area contributed by atoms with Gasteiger partial charge in [-0.1, -0.05) is 32.0 Å². The van der Waals surface area contributed by atoms with E-state index >= 15 is 0 Å². The zero-order valence-electron chi connectivity index (χ0n) is 11.2. The summed E-state index contributed by atoms with van der Waals surface area (Å²) < 4.78 is 4.75. The first-order valence-electron chi connectivity index (χ1n) is 5.89. The molecule has 0 fully saturated rings. The van der Waals surface area contributed by atoms with E-state index in [2.05, 4.69) is 0 Å². The molecular weight excluding hydrogens is 230 g/mol. The van der Waals surface area contributed by atoms with Crippen molar-refractivity contribution in [1.82, 2.24) is 4.90 Å². The zero-order valence-corrected chi connectivity index (χ0v) is 11.2. The average molecular weight is 249 g/mol. The second-order valence-corrected chi connectivity index (χ2v) is 4.49. The van der Waals surface area contributed by atoms with Gasteiger partial charge in [0.2, 0.25) is 0 Å². The first-order chi connectivity index (χ1) is 8.49. The van der Waals surface area contributed by atoms with Crippen LogP contribution in [0.25, 0.3) is 0 Å². The summed E-state index contributed by atoms with van der Waals surface area (Å²) in [7, 11) is 2.95. The van der Waals surface area contributed by atoms with Crippen LogP contribution in [0.5, 0.6) is 0 Å². The Hall–Kier alpha value is -1.84. The minimum Gasteiger partial charge on any atom is -0.467 e. The third-order valence-corrected chi connectivity index (χ3v) is 2.83. The summed E-state index contributed by atoms with van der Waals surface area (Å²) in [6.45, 7) is 3.77. The third kappa shape index (κ3) is 3.09. The van der Waals surface area contributed by atoms with Crippen LogP contribution in [-0.4, -0.2) is 37.0 Å². The quantitative estimate of drug-likeness (QED) is 0.766. The maximum absolute atomic E-state index is 12.2. The van der Waals surface area contributed by atoms with Crippen molar-refractivity contribution in [2.75, 3.05) is 14.2 Å². The van der Waals surface area contributed by atoms with Crippen LogP contribution in [-0.2, 0) is 9.53 Å². The number of rotatable bonds is 4. The SMILES string of the molecule is COC(=O)[C@@H](C(C)C)N(C)C(=O)c1ccccc1. The van der Waals surface area contributed by atoms with Crippen molar-refractivity contribution in [2.45, 2.75) is 19.9 Å². The maximum atomic E-state index is 12.2. The molecule has 0 radical (unpaired) electrons. The first-order valence-corrected chi connectivity index (χ1v) is 5.89. The van der Waals surface area contributed by atoms with Gasteiger partial charge in [0, 0.05) is 12.6 Å². The third-order valence-electron chi connectivity index (χ3n) is 2.83. The molecule has 1 atom stereocenters. The standard InChI is InChI=1S/C14H19NO3/c1-10(2)12(14(17)18-4)15(3)13(16)11-8-6-5-7-9-11/h5-10,12H,1-4H3/t12-/m1/s1. The molecule has 4 nitrogen and oxygen atoms in total. The smallest absolute Gasteiger partial charge is 0.328 e. The van der Waals surface area contributed by atoms with Gasteiger partial charge in [-0.05, 0) is 18.1 Å². The Morgan fingerprint density at radius 1 is 1.17 bits per heavy atom. The molecule has 0 aliphatic carbocycles. The molecule has 1 aromatic carbocycles. The largest absolute Gasteiger partial charge is 0.467 e. The van der Waals surface area contributed by atoms with E-state index in [1.54, 1.807) is 31.3 Å². The highest BCUT2D eigenvalue weighted by Gasteiger charge is 2.30. The topological polar surface area (TPSA) is 46.6 Å². The van der Waals surface area contributed by atoms with Crippen molar-refractivity contribution in [3.05, 3.63) is 35.9 Å². The summed E-state index contributed by atoms with van der Waals surface area (Å²) in [6, 6.07) is 8.33. The molecule has 0 saturated heterocycles. The van der Waals surface area contributed by atoms with E-state index in [0.29, 0.717) is 5.56 Å². The Bertz CT molecular complexity index is 414. The van der Waals surface area contributed by atoms with Gasteiger partial charge in [-0.2, -0.15) is 0 Å². The van der Waals surface area contributed by atoms with Crippen LogP contribution in [0.2, 0.25) is 0 Å². The summed E-state index contributed by atoms with van der Waals surface area (Å²) in [5.41, 5.74) is 0.564. The number of carbonyl (C=O) groups excluding carboxylic acids is 2. The molecular formula is C14H19NO3. The van der Waals surface area contributed by atoms with E-state index in [9.17, 15) is 9.59 Å². The predicted octanol–water partition coefficient (Wildman–Crippen LogP) is 1.96. The number of amides is 1. The molecule has 1 rings (SSSR count). The predicted molar refractivity (Wildman–Crippen MR) is 69.2 cm³/mol. The highest BCUT2D eigenvalue weighted by atomic mass is 16.5. The Kier molecular flexibility index (Phi) is 4.89. The molecule has 0 spiro atoms. The number of hydrogen-bond donors (Lipinski definition) is 0. The van der Waals surface area contributed by atoms with Gasteiger partial charge in [0.15, 0.2) is 0 Å². The van der Waals surface area contributed by atoms with Gasteiger partial charge in [0.1, 0.15) is 6.04 Å². The van der Waals surface area contributed by atoms with Crippen molar-refractivity contribution in [3.8, 4) is 0 Å². The molecule has 0 aromatic heterocycles. The molecule has 18 heavy (non-hydrogen) atoms. The number of benzene rings is 1. The van der Waals surface area contributed by atoms with Gasteiger partial charge in [-0.15, -0.1) is 0 Å². The Balaban J connectivity index is 2.94. The molecule has 0 N–H and O–H groups in total. The lowest BCUT2D eigenvalue weighted by Crippen LogP contribution is -2.46. The number of nitrogens with zero attached hydrogens (tertiary/aromatic N) is 1. The molecule has 98 valence electrons. The number of methoxy groups -OCH3 is 1. The number of likely N-dealkylation sites (N-methyl/N-ethyl adjacent to an activating group) is 1. The van der Waals surface area contributed by atoms with Crippen LogP contribution in [0.4, 0.5) is 0 Å².